The zero-order valence-electron chi connectivity index (χ0n) is 11.8. The second-order valence-corrected chi connectivity index (χ2v) is 6.33. The van der Waals surface area contributed by atoms with E-state index < -0.39 is 0 Å². The van der Waals surface area contributed by atoms with Crippen LogP contribution in [0.5, 0.6) is 0 Å². The minimum atomic E-state index is 0.343. The van der Waals surface area contributed by atoms with Gasteiger partial charge in [-0.3, -0.25) is 4.68 Å². The first kappa shape index (κ1) is 13.9. The van der Waals surface area contributed by atoms with Gasteiger partial charge in [-0.2, -0.15) is 5.10 Å². The molecule has 102 valence electrons. The van der Waals surface area contributed by atoms with Crippen molar-refractivity contribution in [3.63, 3.8) is 0 Å². The Kier molecular flexibility index (Phi) is 4.02. The number of aromatic nitrogens is 2. The molecule has 0 saturated heterocycles. The number of halogens is 1. The Hall–Kier alpha value is -0.540. The highest BCUT2D eigenvalue weighted by Gasteiger charge is 2.51. The maximum atomic E-state index is 6.34. The Bertz CT molecular complexity index is 411. The standard InChI is InChI=1S/C14H24ClN3/c1-5-7-16-12(10-8-14(10,3)4)13-11(15)9-17-18(13)6-2/h9-10,12,16H,5-8H2,1-4H3. The van der Waals surface area contributed by atoms with E-state index in [4.69, 9.17) is 11.6 Å². The van der Waals surface area contributed by atoms with Crippen LogP contribution in [0.1, 0.15) is 52.3 Å². The van der Waals surface area contributed by atoms with Crippen LogP contribution in [-0.4, -0.2) is 16.3 Å². The van der Waals surface area contributed by atoms with Gasteiger partial charge in [-0.1, -0.05) is 32.4 Å². The molecule has 0 spiro atoms. The van der Waals surface area contributed by atoms with E-state index in [1.807, 2.05) is 4.68 Å². The topological polar surface area (TPSA) is 29.9 Å². The quantitative estimate of drug-likeness (QED) is 0.854. The Balaban J connectivity index is 2.25. The van der Waals surface area contributed by atoms with Gasteiger partial charge in [-0.05, 0) is 37.6 Å². The van der Waals surface area contributed by atoms with Gasteiger partial charge in [-0.25, -0.2) is 0 Å². The lowest BCUT2D eigenvalue weighted by atomic mass is 10.0. The molecule has 0 bridgehead atoms. The minimum absolute atomic E-state index is 0.343. The third kappa shape index (κ3) is 2.57. The molecule has 1 aliphatic rings. The molecule has 1 aromatic rings. The van der Waals surface area contributed by atoms with Gasteiger partial charge in [0.25, 0.3) is 0 Å². The van der Waals surface area contributed by atoms with Crippen LogP contribution in [0.2, 0.25) is 5.02 Å². The number of hydrogen-bond acceptors (Lipinski definition) is 2. The molecule has 1 heterocycles. The highest BCUT2D eigenvalue weighted by atomic mass is 35.5. The van der Waals surface area contributed by atoms with Crippen LogP contribution in [0, 0.1) is 11.3 Å². The van der Waals surface area contributed by atoms with E-state index in [1.165, 1.54) is 12.1 Å². The molecule has 2 atom stereocenters. The lowest BCUT2D eigenvalue weighted by Gasteiger charge is -2.22. The molecule has 18 heavy (non-hydrogen) atoms. The van der Waals surface area contributed by atoms with Crippen molar-refractivity contribution in [3.8, 4) is 0 Å². The zero-order valence-corrected chi connectivity index (χ0v) is 12.6. The Labute approximate surface area is 115 Å². The van der Waals surface area contributed by atoms with Gasteiger partial charge < -0.3 is 5.32 Å². The second kappa shape index (κ2) is 5.22. The van der Waals surface area contributed by atoms with Crippen molar-refractivity contribution in [2.45, 2.75) is 53.1 Å². The molecule has 4 heteroatoms. The van der Waals surface area contributed by atoms with Crippen LogP contribution in [0.15, 0.2) is 6.20 Å². The third-order valence-corrected chi connectivity index (χ3v) is 4.32. The number of rotatable bonds is 6. The lowest BCUT2D eigenvalue weighted by Crippen LogP contribution is -2.28. The predicted molar refractivity (Wildman–Crippen MR) is 75.8 cm³/mol. The molecule has 3 nitrogen and oxygen atoms in total. The summed E-state index contributed by atoms with van der Waals surface area (Å²) in [6, 6.07) is 0.343. The summed E-state index contributed by atoms with van der Waals surface area (Å²) in [6.07, 6.45) is 4.18. The lowest BCUT2D eigenvalue weighted by molar-refractivity contribution is 0.391. The van der Waals surface area contributed by atoms with E-state index in [2.05, 4.69) is 38.1 Å². The summed E-state index contributed by atoms with van der Waals surface area (Å²) in [5.74, 6) is 0.670. The largest absolute Gasteiger partial charge is 0.308 e. The normalized spacial score (nSPS) is 23.1. The van der Waals surface area contributed by atoms with Crippen molar-refractivity contribution in [1.82, 2.24) is 15.1 Å². The summed E-state index contributed by atoms with van der Waals surface area (Å²) < 4.78 is 2.03. The van der Waals surface area contributed by atoms with Crippen molar-refractivity contribution < 1.29 is 0 Å². The SMILES string of the molecule is CCCNC(c1c(Cl)cnn1CC)C1CC1(C)C. The summed E-state index contributed by atoms with van der Waals surface area (Å²) in [4.78, 5) is 0. The molecule has 1 N–H and O–H groups in total. The Morgan fingerprint density at radius 2 is 2.22 bits per heavy atom. The van der Waals surface area contributed by atoms with Crippen LogP contribution in [0.25, 0.3) is 0 Å². The van der Waals surface area contributed by atoms with Crippen LogP contribution in [0.3, 0.4) is 0 Å². The molecule has 1 aliphatic carbocycles. The van der Waals surface area contributed by atoms with Crippen LogP contribution in [-0.2, 0) is 6.54 Å². The molecule has 2 rings (SSSR count). The average Bonchev–Trinajstić information content (AvgIpc) is 2.79. The first-order valence-electron chi connectivity index (χ1n) is 6.95. The van der Waals surface area contributed by atoms with Gasteiger partial charge >= 0.3 is 0 Å². The van der Waals surface area contributed by atoms with Crippen molar-refractivity contribution in [3.05, 3.63) is 16.9 Å². The minimum Gasteiger partial charge on any atom is -0.308 e. The molecule has 0 aliphatic heterocycles. The molecule has 0 aromatic carbocycles. The zero-order chi connectivity index (χ0) is 13.3. The first-order valence-corrected chi connectivity index (χ1v) is 7.33. The van der Waals surface area contributed by atoms with Crippen molar-refractivity contribution in [2.24, 2.45) is 11.3 Å². The molecule has 1 saturated carbocycles. The molecule has 0 amide bonds. The van der Waals surface area contributed by atoms with Crippen LogP contribution >= 0.6 is 11.6 Å². The van der Waals surface area contributed by atoms with Crippen LogP contribution in [0.4, 0.5) is 0 Å². The maximum Gasteiger partial charge on any atom is 0.0834 e. The summed E-state index contributed by atoms with van der Waals surface area (Å²) in [7, 11) is 0. The number of hydrogen-bond donors (Lipinski definition) is 1. The fourth-order valence-corrected chi connectivity index (χ4v) is 3.00. The summed E-state index contributed by atoms with van der Waals surface area (Å²) >= 11 is 6.34. The summed E-state index contributed by atoms with van der Waals surface area (Å²) in [5.41, 5.74) is 1.60. The van der Waals surface area contributed by atoms with Gasteiger partial charge in [0.15, 0.2) is 0 Å². The fraction of sp³-hybridized carbons (Fsp3) is 0.786. The van der Waals surface area contributed by atoms with E-state index in [1.54, 1.807) is 6.20 Å². The highest BCUT2D eigenvalue weighted by Crippen LogP contribution is 2.58. The van der Waals surface area contributed by atoms with Gasteiger partial charge in [0, 0.05) is 6.54 Å². The highest BCUT2D eigenvalue weighted by molar-refractivity contribution is 6.31. The molecular weight excluding hydrogens is 246 g/mol. The fourth-order valence-electron chi connectivity index (χ4n) is 2.74. The third-order valence-electron chi connectivity index (χ3n) is 4.03. The van der Waals surface area contributed by atoms with Gasteiger partial charge in [-0.15, -0.1) is 0 Å². The van der Waals surface area contributed by atoms with E-state index >= 15 is 0 Å². The maximum absolute atomic E-state index is 6.34. The van der Waals surface area contributed by atoms with Crippen LogP contribution < -0.4 is 5.32 Å². The van der Waals surface area contributed by atoms with Crippen molar-refractivity contribution >= 4 is 11.6 Å². The van der Waals surface area contributed by atoms with Gasteiger partial charge in [0.1, 0.15) is 0 Å². The summed E-state index contributed by atoms with van der Waals surface area (Å²) in [5, 5.41) is 8.82. The van der Waals surface area contributed by atoms with E-state index in [0.29, 0.717) is 17.4 Å². The van der Waals surface area contributed by atoms with Gasteiger partial charge in [0.2, 0.25) is 0 Å². The van der Waals surface area contributed by atoms with Crippen molar-refractivity contribution in [1.29, 1.82) is 0 Å². The monoisotopic (exact) mass is 269 g/mol. The van der Waals surface area contributed by atoms with E-state index in [-0.39, 0.29) is 0 Å². The average molecular weight is 270 g/mol. The van der Waals surface area contributed by atoms with E-state index in [0.717, 1.165) is 24.5 Å². The Morgan fingerprint density at radius 3 is 2.72 bits per heavy atom. The molecule has 0 radical (unpaired) electrons. The predicted octanol–water partition coefficient (Wildman–Crippen LogP) is 3.64. The smallest absolute Gasteiger partial charge is 0.0834 e. The van der Waals surface area contributed by atoms with Crippen molar-refractivity contribution in [2.75, 3.05) is 6.54 Å². The molecular formula is C14H24ClN3. The first-order chi connectivity index (χ1) is 8.51. The molecule has 1 aromatic heterocycles. The number of nitrogens with one attached hydrogen (secondary N) is 1. The Morgan fingerprint density at radius 1 is 1.56 bits per heavy atom. The number of aryl methyl sites for hydroxylation is 1. The van der Waals surface area contributed by atoms with Gasteiger partial charge in [0.05, 0.1) is 23.0 Å². The molecule has 2 unspecified atom stereocenters. The summed E-state index contributed by atoms with van der Waals surface area (Å²) in [6.45, 7) is 10.9. The second-order valence-electron chi connectivity index (χ2n) is 5.92. The van der Waals surface area contributed by atoms with E-state index in [9.17, 15) is 0 Å². The number of nitrogens with zero attached hydrogens (tertiary/aromatic N) is 2. The molecule has 1 fully saturated rings.